The summed E-state index contributed by atoms with van der Waals surface area (Å²) in [7, 11) is 0. The molecule has 0 saturated heterocycles. The zero-order valence-corrected chi connectivity index (χ0v) is 16.4. The molecule has 1 aromatic carbocycles. The molecule has 0 bridgehead atoms. The van der Waals surface area contributed by atoms with Gasteiger partial charge in [0.25, 0.3) is 0 Å². The number of rotatable bonds is 13. The minimum absolute atomic E-state index is 0.783. The Morgan fingerprint density at radius 3 is 2.23 bits per heavy atom. The van der Waals surface area contributed by atoms with Crippen LogP contribution in [0.4, 0.5) is 0 Å². The molecule has 0 atom stereocenters. The van der Waals surface area contributed by atoms with Crippen LogP contribution in [0.25, 0.3) is 11.3 Å². The van der Waals surface area contributed by atoms with E-state index in [9.17, 15) is 0 Å². The van der Waals surface area contributed by atoms with Gasteiger partial charge in [-0.3, -0.25) is 4.98 Å². The molecule has 0 aliphatic heterocycles. The molecule has 0 unspecified atom stereocenters. The molecule has 0 radical (unpaired) electrons. The average Bonchev–Trinajstić information content (AvgIpc) is 2.69. The van der Waals surface area contributed by atoms with E-state index in [4.69, 9.17) is 9.47 Å². The molecule has 3 heteroatoms. The van der Waals surface area contributed by atoms with Gasteiger partial charge in [0.05, 0.1) is 12.3 Å². The first-order chi connectivity index (χ1) is 12.8. The summed E-state index contributed by atoms with van der Waals surface area (Å²) >= 11 is 0. The highest BCUT2D eigenvalue weighted by Gasteiger charge is 2.01. The van der Waals surface area contributed by atoms with Crippen LogP contribution in [-0.4, -0.2) is 24.8 Å². The van der Waals surface area contributed by atoms with Crippen LogP contribution in [0.15, 0.2) is 42.6 Å². The maximum atomic E-state index is 5.71. The smallest absolute Gasteiger partial charge is 0.119 e. The van der Waals surface area contributed by atoms with Gasteiger partial charge >= 0.3 is 0 Å². The second-order valence-corrected chi connectivity index (χ2v) is 6.70. The van der Waals surface area contributed by atoms with Crippen molar-refractivity contribution in [3.63, 3.8) is 0 Å². The van der Waals surface area contributed by atoms with Gasteiger partial charge < -0.3 is 9.47 Å². The molecule has 0 amide bonds. The summed E-state index contributed by atoms with van der Waals surface area (Å²) in [4.78, 5) is 4.61. The summed E-state index contributed by atoms with van der Waals surface area (Å²) in [5.74, 6) is 0.928. The summed E-state index contributed by atoms with van der Waals surface area (Å²) in [6.07, 6.45) is 9.98. The molecule has 0 aliphatic carbocycles. The Hall–Kier alpha value is -1.87. The van der Waals surface area contributed by atoms with E-state index in [0.717, 1.165) is 62.5 Å². The van der Waals surface area contributed by atoms with Crippen molar-refractivity contribution < 1.29 is 9.47 Å². The van der Waals surface area contributed by atoms with Gasteiger partial charge in [0.15, 0.2) is 0 Å². The highest BCUT2D eigenvalue weighted by molar-refractivity contribution is 5.60. The number of nitrogens with zero attached hydrogens (tertiary/aromatic N) is 1. The lowest BCUT2D eigenvalue weighted by atomic mass is 10.1. The maximum Gasteiger partial charge on any atom is 0.119 e. The summed E-state index contributed by atoms with van der Waals surface area (Å²) in [6.45, 7) is 6.90. The number of hydrogen-bond donors (Lipinski definition) is 0. The third-order valence-electron chi connectivity index (χ3n) is 4.39. The molecule has 1 heterocycles. The lowest BCUT2D eigenvalue weighted by Crippen LogP contribution is -1.99. The van der Waals surface area contributed by atoms with Gasteiger partial charge in [-0.2, -0.15) is 0 Å². The van der Waals surface area contributed by atoms with Gasteiger partial charge in [-0.05, 0) is 61.6 Å². The monoisotopic (exact) mass is 355 g/mol. The van der Waals surface area contributed by atoms with Gasteiger partial charge in [-0.25, -0.2) is 0 Å². The summed E-state index contributed by atoms with van der Waals surface area (Å²) < 4.78 is 11.4. The number of ether oxygens (including phenoxy) is 2. The van der Waals surface area contributed by atoms with Crippen molar-refractivity contribution in [1.82, 2.24) is 4.98 Å². The average molecular weight is 356 g/mol. The molecular formula is C23H33NO2. The van der Waals surface area contributed by atoms with Crippen molar-refractivity contribution in [3.8, 4) is 17.0 Å². The highest BCUT2D eigenvalue weighted by Crippen LogP contribution is 2.21. The first kappa shape index (κ1) is 20.4. The van der Waals surface area contributed by atoms with Crippen LogP contribution in [-0.2, 0) is 11.2 Å². The van der Waals surface area contributed by atoms with Gasteiger partial charge in [0.2, 0.25) is 0 Å². The molecule has 3 nitrogen and oxygen atoms in total. The molecule has 2 aromatic rings. The van der Waals surface area contributed by atoms with E-state index in [-0.39, 0.29) is 0 Å². The normalized spacial score (nSPS) is 10.8. The Bertz CT molecular complexity index is 593. The molecule has 2 rings (SSSR count). The van der Waals surface area contributed by atoms with Crippen molar-refractivity contribution >= 4 is 0 Å². The Morgan fingerprint density at radius 2 is 1.54 bits per heavy atom. The minimum atomic E-state index is 0.783. The SMILES string of the molecule is CCCCCOCCCc1ccc(-c2ccc(OCCCC)cc2)nc1. The Morgan fingerprint density at radius 1 is 0.769 bits per heavy atom. The molecule has 0 spiro atoms. The van der Waals surface area contributed by atoms with E-state index in [1.165, 1.54) is 24.8 Å². The van der Waals surface area contributed by atoms with Crippen LogP contribution >= 0.6 is 0 Å². The fourth-order valence-electron chi connectivity index (χ4n) is 2.73. The predicted octanol–water partition coefficient (Wildman–Crippen LogP) is 6.07. The summed E-state index contributed by atoms with van der Waals surface area (Å²) in [5, 5.41) is 0. The van der Waals surface area contributed by atoms with Crippen molar-refractivity contribution in [2.45, 2.75) is 58.8 Å². The van der Waals surface area contributed by atoms with Gasteiger partial charge in [0, 0.05) is 25.0 Å². The number of hydrogen-bond acceptors (Lipinski definition) is 3. The molecule has 26 heavy (non-hydrogen) atoms. The van der Waals surface area contributed by atoms with Gasteiger partial charge in [-0.1, -0.05) is 39.2 Å². The number of aryl methyl sites for hydroxylation is 1. The van der Waals surface area contributed by atoms with Gasteiger partial charge in [-0.15, -0.1) is 0 Å². The molecule has 142 valence electrons. The Kier molecular flexibility index (Phi) is 9.81. The fourth-order valence-corrected chi connectivity index (χ4v) is 2.73. The zero-order chi connectivity index (χ0) is 18.5. The van der Waals surface area contributed by atoms with Gasteiger partial charge in [0.1, 0.15) is 5.75 Å². The largest absolute Gasteiger partial charge is 0.494 e. The maximum absolute atomic E-state index is 5.71. The van der Waals surface area contributed by atoms with E-state index in [0.29, 0.717) is 0 Å². The summed E-state index contributed by atoms with van der Waals surface area (Å²) in [6, 6.07) is 12.5. The zero-order valence-electron chi connectivity index (χ0n) is 16.4. The topological polar surface area (TPSA) is 31.4 Å². The quantitative estimate of drug-likeness (QED) is 0.409. The van der Waals surface area contributed by atoms with Crippen LogP contribution < -0.4 is 4.74 Å². The third kappa shape index (κ3) is 7.57. The van der Waals surface area contributed by atoms with E-state index < -0.39 is 0 Å². The second-order valence-electron chi connectivity index (χ2n) is 6.70. The lowest BCUT2D eigenvalue weighted by molar-refractivity contribution is 0.128. The van der Waals surface area contributed by atoms with E-state index in [2.05, 4.69) is 43.1 Å². The van der Waals surface area contributed by atoms with Crippen LogP contribution in [0.5, 0.6) is 5.75 Å². The summed E-state index contributed by atoms with van der Waals surface area (Å²) in [5.41, 5.74) is 3.40. The lowest BCUT2D eigenvalue weighted by Gasteiger charge is -2.07. The number of pyridine rings is 1. The van der Waals surface area contributed by atoms with Crippen LogP contribution in [0, 0.1) is 0 Å². The molecule has 0 aliphatic rings. The molecule has 0 fully saturated rings. The molecule has 0 N–H and O–H groups in total. The van der Waals surface area contributed by atoms with Crippen LogP contribution in [0.2, 0.25) is 0 Å². The second kappa shape index (κ2) is 12.5. The molecule has 0 saturated carbocycles. The predicted molar refractivity (Wildman–Crippen MR) is 109 cm³/mol. The first-order valence-electron chi connectivity index (χ1n) is 10.1. The van der Waals surface area contributed by atoms with E-state index >= 15 is 0 Å². The van der Waals surface area contributed by atoms with Crippen molar-refractivity contribution in [1.29, 1.82) is 0 Å². The third-order valence-corrected chi connectivity index (χ3v) is 4.39. The van der Waals surface area contributed by atoms with Crippen molar-refractivity contribution in [2.75, 3.05) is 19.8 Å². The molecular weight excluding hydrogens is 322 g/mol. The van der Waals surface area contributed by atoms with Crippen LogP contribution in [0.1, 0.15) is 57.9 Å². The number of aromatic nitrogens is 1. The van der Waals surface area contributed by atoms with Crippen molar-refractivity contribution in [2.24, 2.45) is 0 Å². The van der Waals surface area contributed by atoms with E-state index in [1.807, 2.05) is 18.3 Å². The Balaban J connectivity index is 1.74. The number of benzene rings is 1. The fraction of sp³-hybridized carbons (Fsp3) is 0.522. The minimum Gasteiger partial charge on any atom is -0.494 e. The molecule has 1 aromatic heterocycles. The Labute approximate surface area is 158 Å². The standard InChI is InChI=1S/C23H33NO2/c1-3-5-7-16-25-17-8-9-20-10-15-23(24-19-20)21-11-13-22(14-12-21)26-18-6-4-2/h10-15,19H,3-9,16-18H2,1-2H3. The van der Waals surface area contributed by atoms with E-state index in [1.54, 1.807) is 0 Å². The van der Waals surface area contributed by atoms with Crippen LogP contribution in [0.3, 0.4) is 0 Å². The highest BCUT2D eigenvalue weighted by atomic mass is 16.5. The first-order valence-corrected chi connectivity index (χ1v) is 10.1. The van der Waals surface area contributed by atoms with Crippen molar-refractivity contribution in [3.05, 3.63) is 48.2 Å². The number of unbranched alkanes of at least 4 members (excludes halogenated alkanes) is 3.